The number of aliphatic carboxylic acids is 1. The second-order valence-corrected chi connectivity index (χ2v) is 5.18. The molecule has 1 unspecified atom stereocenters. The average Bonchev–Trinajstić information content (AvgIpc) is 2.67. The van der Waals surface area contributed by atoms with Crippen LogP contribution >= 0.6 is 0 Å². The molecule has 1 amide bonds. The van der Waals surface area contributed by atoms with E-state index >= 15 is 0 Å². The van der Waals surface area contributed by atoms with Gasteiger partial charge in [0.1, 0.15) is 6.54 Å². The molecule has 0 spiro atoms. The Labute approximate surface area is 105 Å². The molecule has 18 heavy (non-hydrogen) atoms. The Morgan fingerprint density at radius 2 is 2.11 bits per heavy atom. The minimum Gasteiger partial charge on any atom is -0.481 e. The van der Waals surface area contributed by atoms with Gasteiger partial charge < -0.3 is 10.4 Å². The molecule has 1 heterocycles. The van der Waals surface area contributed by atoms with Crippen LogP contribution < -0.4 is 5.32 Å². The summed E-state index contributed by atoms with van der Waals surface area (Å²) >= 11 is 0. The van der Waals surface area contributed by atoms with Gasteiger partial charge in [0.15, 0.2) is 0 Å². The lowest BCUT2D eigenvalue weighted by Gasteiger charge is -2.30. The van der Waals surface area contributed by atoms with Crippen LogP contribution in [0.15, 0.2) is 12.4 Å². The highest BCUT2D eigenvalue weighted by Crippen LogP contribution is 2.21. The highest BCUT2D eigenvalue weighted by Gasteiger charge is 2.28. The van der Waals surface area contributed by atoms with Crippen molar-refractivity contribution in [3.63, 3.8) is 0 Å². The molecule has 1 atom stereocenters. The second kappa shape index (κ2) is 5.61. The highest BCUT2D eigenvalue weighted by atomic mass is 16.4. The number of carbonyl (C=O) groups is 2. The van der Waals surface area contributed by atoms with Crippen LogP contribution in [0.2, 0.25) is 0 Å². The number of carboxylic acids is 1. The SMILES string of the molecule is CC(C)(C)C(CC(=O)O)NC(=O)Cn1ccnn1. The van der Waals surface area contributed by atoms with Crippen molar-refractivity contribution in [2.24, 2.45) is 5.41 Å². The molecule has 0 bridgehead atoms. The van der Waals surface area contributed by atoms with Crippen molar-refractivity contribution in [1.29, 1.82) is 0 Å². The summed E-state index contributed by atoms with van der Waals surface area (Å²) in [6.45, 7) is 5.69. The van der Waals surface area contributed by atoms with Crippen LogP contribution in [-0.4, -0.2) is 38.0 Å². The first-order valence-electron chi connectivity index (χ1n) is 5.64. The van der Waals surface area contributed by atoms with Crippen molar-refractivity contribution < 1.29 is 14.7 Å². The fourth-order valence-corrected chi connectivity index (χ4v) is 1.45. The predicted molar refractivity (Wildman–Crippen MR) is 63.7 cm³/mol. The summed E-state index contributed by atoms with van der Waals surface area (Å²) in [7, 11) is 0. The summed E-state index contributed by atoms with van der Waals surface area (Å²) in [6.07, 6.45) is 2.95. The Kier molecular flexibility index (Phi) is 4.41. The van der Waals surface area contributed by atoms with Gasteiger partial charge in [0.25, 0.3) is 0 Å². The topological polar surface area (TPSA) is 97.1 Å². The zero-order valence-electron chi connectivity index (χ0n) is 10.8. The predicted octanol–water partition coefficient (Wildman–Crippen LogP) is 0.284. The van der Waals surface area contributed by atoms with Gasteiger partial charge in [-0.2, -0.15) is 0 Å². The average molecular weight is 254 g/mol. The van der Waals surface area contributed by atoms with E-state index in [-0.39, 0.29) is 24.3 Å². The third kappa shape index (κ3) is 4.52. The molecule has 0 saturated carbocycles. The van der Waals surface area contributed by atoms with Crippen molar-refractivity contribution in [2.45, 2.75) is 39.8 Å². The summed E-state index contributed by atoms with van der Waals surface area (Å²) in [5.74, 6) is -1.21. The minimum absolute atomic E-state index is 0.0339. The molecule has 100 valence electrons. The molecule has 7 heteroatoms. The molecule has 1 aromatic rings. The summed E-state index contributed by atoms with van der Waals surface area (Å²) in [4.78, 5) is 22.5. The number of amides is 1. The zero-order chi connectivity index (χ0) is 13.8. The van der Waals surface area contributed by atoms with E-state index in [9.17, 15) is 9.59 Å². The van der Waals surface area contributed by atoms with E-state index in [1.807, 2.05) is 20.8 Å². The van der Waals surface area contributed by atoms with Crippen molar-refractivity contribution in [1.82, 2.24) is 20.3 Å². The molecule has 1 rings (SSSR count). The third-order valence-electron chi connectivity index (χ3n) is 2.54. The number of hydrogen-bond acceptors (Lipinski definition) is 4. The van der Waals surface area contributed by atoms with Crippen LogP contribution in [0.5, 0.6) is 0 Å². The Morgan fingerprint density at radius 3 is 2.56 bits per heavy atom. The minimum atomic E-state index is -0.934. The molecular weight excluding hydrogens is 236 g/mol. The summed E-state index contributed by atoms with van der Waals surface area (Å²) in [5.41, 5.74) is -0.323. The van der Waals surface area contributed by atoms with E-state index in [0.29, 0.717) is 0 Å². The smallest absolute Gasteiger partial charge is 0.305 e. The van der Waals surface area contributed by atoms with E-state index in [0.717, 1.165) is 0 Å². The summed E-state index contributed by atoms with van der Waals surface area (Å²) < 4.78 is 1.38. The van der Waals surface area contributed by atoms with Crippen molar-refractivity contribution in [3.8, 4) is 0 Å². The number of hydrogen-bond donors (Lipinski definition) is 2. The summed E-state index contributed by atoms with van der Waals surface area (Å²) in [5, 5.41) is 18.8. The van der Waals surface area contributed by atoms with Crippen LogP contribution in [0.1, 0.15) is 27.2 Å². The maximum absolute atomic E-state index is 11.8. The maximum Gasteiger partial charge on any atom is 0.305 e. The normalized spacial score (nSPS) is 13.1. The van der Waals surface area contributed by atoms with Gasteiger partial charge in [0.2, 0.25) is 5.91 Å². The van der Waals surface area contributed by atoms with Crippen LogP contribution in [0.25, 0.3) is 0 Å². The first-order chi connectivity index (χ1) is 8.29. The first kappa shape index (κ1) is 14.1. The van der Waals surface area contributed by atoms with Crippen molar-refractivity contribution >= 4 is 11.9 Å². The van der Waals surface area contributed by atoms with Crippen LogP contribution in [-0.2, 0) is 16.1 Å². The quantitative estimate of drug-likeness (QED) is 0.786. The Bertz CT molecular complexity index is 408. The van der Waals surface area contributed by atoms with Crippen LogP contribution in [0, 0.1) is 5.41 Å². The number of nitrogens with zero attached hydrogens (tertiary/aromatic N) is 3. The number of carbonyl (C=O) groups excluding carboxylic acids is 1. The molecule has 0 aliphatic rings. The van der Waals surface area contributed by atoms with E-state index < -0.39 is 12.0 Å². The fourth-order valence-electron chi connectivity index (χ4n) is 1.45. The van der Waals surface area contributed by atoms with E-state index in [1.54, 1.807) is 6.20 Å². The Hall–Kier alpha value is -1.92. The lowest BCUT2D eigenvalue weighted by atomic mass is 9.84. The molecule has 0 fully saturated rings. The molecule has 2 N–H and O–H groups in total. The van der Waals surface area contributed by atoms with Gasteiger partial charge in [0.05, 0.1) is 12.6 Å². The van der Waals surface area contributed by atoms with Gasteiger partial charge in [0, 0.05) is 12.2 Å². The van der Waals surface area contributed by atoms with Gasteiger partial charge in [-0.1, -0.05) is 26.0 Å². The molecule has 0 aromatic carbocycles. The maximum atomic E-state index is 11.8. The second-order valence-electron chi connectivity index (χ2n) is 5.18. The first-order valence-corrected chi connectivity index (χ1v) is 5.64. The van der Waals surface area contributed by atoms with Gasteiger partial charge in [-0.3, -0.25) is 9.59 Å². The van der Waals surface area contributed by atoms with Gasteiger partial charge in [-0.05, 0) is 5.41 Å². The highest BCUT2D eigenvalue weighted by molar-refractivity contribution is 5.77. The molecule has 0 aliphatic carbocycles. The molecule has 0 radical (unpaired) electrons. The molecule has 7 nitrogen and oxygen atoms in total. The van der Waals surface area contributed by atoms with E-state index in [2.05, 4.69) is 15.6 Å². The van der Waals surface area contributed by atoms with Gasteiger partial charge in [-0.25, -0.2) is 4.68 Å². The Morgan fingerprint density at radius 1 is 1.44 bits per heavy atom. The van der Waals surface area contributed by atoms with Gasteiger partial charge >= 0.3 is 5.97 Å². The molecular formula is C11H18N4O3. The number of carboxylic acid groups (broad SMARTS) is 1. The molecule has 0 aliphatic heterocycles. The van der Waals surface area contributed by atoms with Crippen molar-refractivity contribution in [3.05, 3.63) is 12.4 Å². The van der Waals surface area contributed by atoms with E-state index in [1.165, 1.54) is 10.9 Å². The zero-order valence-corrected chi connectivity index (χ0v) is 10.8. The lowest BCUT2D eigenvalue weighted by Crippen LogP contribution is -2.46. The largest absolute Gasteiger partial charge is 0.481 e. The lowest BCUT2D eigenvalue weighted by molar-refractivity contribution is -0.138. The van der Waals surface area contributed by atoms with Crippen LogP contribution in [0.3, 0.4) is 0 Å². The summed E-state index contributed by atoms with van der Waals surface area (Å²) in [6, 6.07) is -0.425. The van der Waals surface area contributed by atoms with Crippen molar-refractivity contribution in [2.75, 3.05) is 0 Å². The van der Waals surface area contributed by atoms with Gasteiger partial charge in [-0.15, -0.1) is 5.10 Å². The monoisotopic (exact) mass is 254 g/mol. The molecule has 1 aromatic heterocycles. The third-order valence-corrected chi connectivity index (χ3v) is 2.54. The Balaban J connectivity index is 2.60. The molecule has 0 saturated heterocycles. The van der Waals surface area contributed by atoms with Crippen LogP contribution in [0.4, 0.5) is 0 Å². The van der Waals surface area contributed by atoms with E-state index in [4.69, 9.17) is 5.11 Å². The standard InChI is InChI=1S/C11H18N4O3/c1-11(2,3)8(6-10(17)18)13-9(16)7-15-5-4-12-14-15/h4-5,8H,6-7H2,1-3H3,(H,13,16)(H,17,18). The fraction of sp³-hybridized carbons (Fsp3) is 0.636. The number of rotatable bonds is 5. The number of nitrogens with one attached hydrogen (secondary N) is 1. The number of aromatic nitrogens is 3.